The zero-order valence-corrected chi connectivity index (χ0v) is 8.04. The number of carbonyl (C=O) groups excluding carboxylic acids is 1. The first-order valence-electron chi connectivity index (χ1n) is 4.13. The SMILES string of the molecule is O=C(CCl)Nc1cccc2occc12. The Bertz CT molecular complexity index is 464. The number of furan rings is 1. The van der Waals surface area contributed by atoms with Crippen LogP contribution in [-0.4, -0.2) is 11.8 Å². The monoisotopic (exact) mass is 209 g/mol. The summed E-state index contributed by atoms with van der Waals surface area (Å²) in [5, 5.41) is 3.57. The lowest BCUT2D eigenvalue weighted by atomic mass is 10.2. The standard InChI is InChI=1S/C10H8ClNO2/c11-6-10(13)12-8-2-1-3-9-7(8)4-5-14-9/h1-5H,6H2,(H,12,13). The summed E-state index contributed by atoms with van der Waals surface area (Å²) in [6.07, 6.45) is 1.58. The van der Waals surface area contributed by atoms with Crippen LogP contribution < -0.4 is 5.32 Å². The molecule has 4 heteroatoms. The van der Waals surface area contributed by atoms with Crippen molar-refractivity contribution in [2.75, 3.05) is 11.2 Å². The van der Waals surface area contributed by atoms with Gasteiger partial charge in [-0.05, 0) is 18.2 Å². The molecule has 0 aliphatic rings. The molecular weight excluding hydrogens is 202 g/mol. The number of hydrogen-bond acceptors (Lipinski definition) is 2. The minimum absolute atomic E-state index is 0.0474. The first-order chi connectivity index (χ1) is 6.81. The molecule has 72 valence electrons. The average Bonchev–Trinajstić information content (AvgIpc) is 2.66. The highest BCUT2D eigenvalue weighted by atomic mass is 35.5. The van der Waals surface area contributed by atoms with Crippen molar-refractivity contribution >= 4 is 34.2 Å². The molecule has 0 aliphatic carbocycles. The first kappa shape index (κ1) is 9.09. The van der Waals surface area contributed by atoms with Gasteiger partial charge in [0.15, 0.2) is 0 Å². The van der Waals surface area contributed by atoms with Crippen LogP contribution in [0.5, 0.6) is 0 Å². The van der Waals surface area contributed by atoms with Crippen LogP contribution in [-0.2, 0) is 4.79 Å². The first-order valence-corrected chi connectivity index (χ1v) is 4.67. The Morgan fingerprint density at radius 2 is 2.29 bits per heavy atom. The van der Waals surface area contributed by atoms with Gasteiger partial charge in [-0.1, -0.05) is 6.07 Å². The van der Waals surface area contributed by atoms with Crippen LogP contribution in [0.3, 0.4) is 0 Å². The Morgan fingerprint density at radius 3 is 3.07 bits per heavy atom. The Hall–Kier alpha value is -1.48. The number of anilines is 1. The van der Waals surface area contributed by atoms with E-state index in [4.69, 9.17) is 16.0 Å². The van der Waals surface area contributed by atoms with Crippen molar-refractivity contribution < 1.29 is 9.21 Å². The van der Waals surface area contributed by atoms with Gasteiger partial charge in [0.1, 0.15) is 11.5 Å². The number of fused-ring (bicyclic) bond motifs is 1. The lowest BCUT2D eigenvalue weighted by Crippen LogP contribution is -2.12. The summed E-state index contributed by atoms with van der Waals surface area (Å²) in [6.45, 7) is 0. The maximum absolute atomic E-state index is 11.1. The molecule has 1 amide bonds. The fraction of sp³-hybridized carbons (Fsp3) is 0.100. The molecule has 2 aromatic rings. The number of halogens is 1. The van der Waals surface area contributed by atoms with Crippen LogP contribution in [0.25, 0.3) is 11.0 Å². The molecule has 0 radical (unpaired) electrons. The van der Waals surface area contributed by atoms with E-state index in [-0.39, 0.29) is 11.8 Å². The number of rotatable bonds is 2. The molecule has 0 atom stereocenters. The highest BCUT2D eigenvalue weighted by molar-refractivity contribution is 6.29. The number of hydrogen-bond donors (Lipinski definition) is 1. The zero-order valence-electron chi connectivity index (χ0n) is 7.29. The number of nitrogens with one attached hydrogen (secondary N) is 1. The second-order valence-electron chi connectivity index (χ2n) is 2.82. The summed E-state index contributed by atoms with van der Waals surface area (Å²) >= 11 is 5.39. The van der Waals surface area contributed by atoms with Gasteiger partial charge in [0.2, 0.25) is 5.91 Å². The molecule has 1 N–H and O–H groups in total. The van der Waals surface area contributed by atoms with Crippen LogP contribution in [0.1, 0.15) is 0 Å². The molecule has 1 aromatic heterocycles. The summed E-state index contributed by atoms with van der Waals surface area (Å²) in [7, 11) is 0. The molecule has 2 rings (SSSR count). The van der Waals surface area contributed by atoms with E-state index in [0.29, 0.717) is 0 Å². The third kappa shape index (κ3) is 1.59. The molecule has 0 saturated heterocycles. The van der Waals surface area contributed by atoms with Crippen molar-refractivity contribution in [2.24, 2.45) is 0 Å². The molecule has 0 unspecified atom stereocenters. The van der Waals surface area contributed by atoms with E-state index in [0.717, 1.165) is 16.7 Å². The number of carbonyl (C=O) groups is 1. The molecule has 1 aromatic carbocycles. The summed E-state index contributed by atoms with van der Waals surface area (Å²) in [6, 6.07) is 7.27. The largest absolute Gasteiger partial charge is 0.464 e. The maximum atomic E-state index is 11.1. The predicted molar refractivity (Wildman–Crippen MR) is 55.6 cm³/mol. The van der Waals surface area contributed by atoms with Crippen molar-refractivity contribution in [3.05, 3.63) is 30.5 Å². The molecule has 0 aliphatic heterocycles. The van der Waals surface area contributed by atoms with Crippen molar-refractivity contribution in [3.63, 3.8) is 0 Å². The van der Waals surface area contributed by atoms with E-state index in [2.05, 4.69) is 5.32 Å². The van der Waals surface area contributed by atoms with Gasteiger partial charge in [-0.3, -0.25) is 4.79 Å². The van der Waals surface area contributed by atoms with E-state index < -0.39 is 0 Å². The van der Waals surface area contributed by atoms with E-state index in [1.54, 1.807) is 12.3 Å². The van der Waals surface area contributed by atoms with Crippen LogP contribution in [0.4, 0.5) is 5.69 Å². The van der Waals surface area contributed by atoms with Crippen LogP contribution in [0.15, 0.2) is 34.9 Å². The number of alkyl halides is 1. The highest BCUT2D eigenvalue weighted by Crippen LogP contribution is 2.23. The van der Waals surface area contributed by atoms with Gasteiger partial charge in [0.25, 0.3) is 0 Å². The Morgan fingerprint density at radius 1 is 1.43 bits per heavy atom. The van der Waals surface area contributed by atoms with E-state index in [9.17, 15) is 4.79 Å². The minimum atomic E-state index is -0.222. The quantitative estimate of drug-likeness (QED) is 0.773. The van der Waals surface area contributed by atoms with Crippen LogP contribution >= 0.6 is 11.6 Å². The molecule has 0 saturated carbocycles. The lowest BCUT2D eigenvalue weighted by molar-refractivity contribution is -0.113. The van der Waals surface area contributed by atoms with Gasteiger partial charge in [0, 0.05) is 5.39 Å². The minimum Gasteiger partial charge on any atom is -0.464 e. The second-order valence-corrected chi connectivity index (χ2v) is 3.09. The Balaban J connectivity index is 2.41. The lowest BCUT2D eigenvalue weighted by Gasteiger charge is -2.02. The van der Waals surface area contributed by atoms with Crippen molar-refractivity contribution in [2.45, 2.75) is 0 Å². The third-order valence-electron chi connectivity index (χ3n) is 1.89. The van der Waals surface area contributed by atoms with Crippen molar-refractivity contribution in [1.29, 1.82) is 0 Å². The summed E-state index contributed by atoms with van der Waals surface area (Å²) < 4.78 is 5.19. The molecule has 3 nitrogen and oxygen atoms in total. The van der Waals surface area contributed by atoms with Crippen molar-refractivity contribution in [1.82, 2.24) is 0 Å². The fourth-order valence-corrected chi connectivity index (χ4v) is 1.35. The molecule has 0 bridgehead atoms. The van der Waals surface area contributed by atoms with E-state index in [1.165, 1.54) is 0 Å². The maximum Gasteiger partial charge on any atom is 0.239 e. The topological polar surface area (TPSA) is 42.2 Å². The normalized spacial score (nSPS) is 10.4. The molecule has 0 spiro atoms. The van der Waals surface area contributed by atoms with Gasteiger partial charge >= 0.3 is 0 Å². The number of amides is 1. The fourth-order valence-electron chi connectivity index (χ4n) is 1.29. The van der Waals surface area contributed by atoms with Crippen LogP contribution in [0, 0.1) is 0 Å². The van der Waals surface area contributed by atoms with Crippen molar-refractivity contribution in [3.8, 4) is 0 Å². The molecule has 14 heavy (non-hydrogen) atoms. The van der Waals surface area contributed by atoms with Crippen LogP contribution in [0.2, 0.25) is 0 Å². The average molecular weight is 210 g/mol. The van der Waals surface area contributed by atoms with Gasteiger partial charge in [0.05, 0.1) is 12.0 Å². The third-order valence-corrected chi connectivity index (χ3v) is 2.13. The summed E-state index contributed by atoms with van der Waals surface area (Å²) in [5.74, 6) is -0.269. The predicted octanol–water partition coefficient (Wildman–Crippen LogP) is 2.61. The zero-order chi connectivity index (χ0) is 9.97. The molecular formula is C10H8ClNO2. The summed E-state index contributed by atoms with van der Waals surface area (Å²) in [5.41, 5.74) is 1.47. The van der Waals surface area contributed by atoms with Gasteiger partial charge in [-0.25, -0.2) is 0 Å². The molecule has 0 fully saturated rings. The second kappa shape index (κ2) is 3.72. The van der Waals surface area contributed by atoms with E-state index >= 15 is 0 Å². The van der Waals surface area contributed by atoms with Gasteiger partial charge < -0.3 is 9.73 Å². The molecule has 1 heterocycles. The van der Waals surface area contributed by atoms with Gasteiger partial charge in [-0.2, -0.15) is 0 Å². The summed E-state index contributed by atoms with van der Waals surface area (Å²) in [4.78, 5) is 11.1. The highest BCUT2D eigenvalue weighted by Gasteiger charge is 2.05. The smallest absolute Gasteiger partial charge is 0.239 e. The Kier molecular flexibility index (Phi) is 2.41. The van der Waals surface area contributed by atoms with Gasteiger partial charge in [-0.15, -0.1) is 11.6 Å². The number of benzene rings is 1. The van der Waals surface area contributed by atoms with E-state index in [1.807, 2.05) is 18.2 Å². The Labute approximate surface area is 85.7 Å².